The topological polar surface area (TPSA) is 52.6 Å². The van der Waals surface area contributed by atoms with Crippen LogP contribution in [-0.2, 0) is 6.42 Å². The molecule has 0 spiro atoms. The van der Waals surface area contributed by atoms with Gasteiger partial charge >= 0.3 is 0 Å². The SMILES string of the molecule is CC1Cc2cc(C(=O)NCCO)ccc2N(C)C1. The number of rotatable bonds is 3. The largest absolute Gasteiger partial charge is 0.395 e. The molecule has 1 aliphatic rings. The predicted molar refractivity (Wildman–Crippen MR) is 72.0 cm³/mol. The molecule has 2 N–H and O–H groups in total. The molecule has 4 heteroatoms. The van der Waals surface area contributed by atoms with Crippen molar-refractivity contribution in [3.63, 3.8) is 0 Å². The van der Waals surface area contributed by atoms with Crippen LogP contribution in [0, 0.1) is 5.92 Å². The number of hydrogen-bond donors (Lipinski definition) is 2. The highest BCUT2D eigenvalue weighted by Gasteiger charge is 2.20. The molecule has 0 aliphatic carbocycles. The van der Waals surface area contributed by atoms with E-state index >= 15 is 0 Å². The lowest BCUT2D eigenvalue weighted by Crippen LogP contribution is -2.31. The third-order valence-corrected chi connectivity index (χ3v) is 3.30. The highest BCUT2D eigenvalue weighted by atomic mass is 16.3. The molecule has 0 radical (unpaired) electrons. The van der Waals surface area contributed by atoms with Crippen LogP contribution in [0.4, 0.5) is 5.69 Å². The number of hydrogen-bond acceptors (Lipinski definition) is 3. The number of benzene rings is 1. The van der Waals surface area contributed by atoms with Crippen molar-refractivity contribution in [1.82, 2.24) is 5.32 Å². The zero-order chi connectivity index (χ0) is 13.1. The number of carbonyl (C=O) groups is 1. The summed E-state index contributed by atoms with van der Waals surface area (Å²) >= 11 is 0. The van der Waals surface area contributed by atoms with Crippen LogP contribution in [0.3, 0.4) is 0 Å². The summed E-state index contributed by atoms with van der Waals surface area (Å²) in [5, 5.41) is 11.4. The van der Waals surface area contributed by atoms with Gasteiger partial charge in [-0.15, -0.1) is 0 Å². The molecule has 1 heterocycles. The van der Waals surface area contributed by atoms with Crippen LogP contribution in [-0.4, -0.2) is 37.8 Å². The minimum Gasteiger partial charge on any atom is -0.395 e. The Labute approximate surface area is 108 Å². The molecule has 0 bridgehead atoms. The molecule has 0 aromatic heterocycles. The van der Waals surface area contributed by atoms with E-state index in [1.54, 1.807) is 0 Å². The molecule has 18 heavy (non-hydrogen) atoms. The second-order valence-electron chi connectivity index (χ2n) is 5.01. The van der Waals surface area contributed by atoms with Crippen molar-refractivity contribution in [1.29, 1.82) is 0 Å². The van der Waals surface area contributed by atoms with Crippen LogP contribution >= 0.6 is 0 Å². The molecular weight excluding hydrogens is 228 g/mol. The van der Waals surface area contributed by atoms with Crippen molar-refractivity contribution in [3.8, 4) is 0 Å². The van der Waals surface area contributed by atoms with E-state index in [0.29, 0.717) is 18.0 Å². The highest BCUT2D eigenvalue weighted by Crippen LogP contribution is 2.29. The lowest BCUT2D eigenvalue weighted by atomic mass is 9.93. The van der Waals surface area contributed by atoms with E-state index in [1.165, 1.54) is 11.3 Å². The summed E-state index contributed by atoms with van der Waals surface area (Å²) in [4.78, 5) is 14.1. The number of amides is 1. The molecule has 0 saturated carbocycles. The highest BCUT2D eigenvalue weighted by molar-refractivity contribution is 5.95. The summed E-state index contributed by atoms with van der Waals surface area (Å²) < 4.78 is 0. The second kappa shape index (κ2) is 5.40. The van der Waals surface area contributed by atoms with E-state index in [-0.39, 0.29) is 12.5 Å². The monoisotopic (exact) mass is 248 g/mol. The molecular formula is C14H20N2O2. The van der Waals surface area contributed by atoms with E-state index < -0.39 is 0 Å². The third kappa shape index (κ3) is 2.64. The van der Waals surface area contributed by atoms with Gasteiger partial charge in [0.15, 0.2) is 0 Å². The second-order valence-corrected chi connectivity index (χ2v) is 5.01. The predicted octanol–water partition coefficient (Wildman–Crippen LogP) is 1.04. The van der Waals surface area contributed by atoms with Crippen LogP contribution in [0.1, 0.15) is 22.8 Å². The number of nitrogens with zero attached hydrogens (tertiary/aromatic N) is 1. The van der Waals surface area contributed by atoms with Gasteiger partial charge in [-0.25, -0.2) is 0 Å². The Bertz CT molecular complexity index is 445. The summed E-state index contributed by atoms with van der Waals surface area (Å²) in [6, 6.07) is 5.82. The van der Waals surface area contributed by atoms with Gasteiger partial charge in [-0.3, -0.25) is 4.79 Å². The molecule has 1 aliphatic heterocycles. The zero-order valence-electron chi connectivity index (χ0n) is 10.9. The van der Waals surface area contributed by atoms with E-state index in [4.69, 9.17) is 5.11 Å². The van der Waals surface area contributed by atoms with Gasteiger partial charge in [-0.2, -0.15) is 0 Å². The van der Waals surface area contributed by atoms with Crippen LogP contribution in [0.5, 0.6) is 0 Å². The van der Waals surface area contributed by atoms with E-state index in [9.17, 15) is 4.79 Å². The van der Waals surface area contributed by atoms with Gasteiger partial charge in [0, 0.05) is 31.4 Å². The van der Waals surface area contributed by atoms with Gasteiger partial charge in [-0.05, 0) is 36.1 Å². The maximum Gasteiger partial charge on any atom is 0.251 e. The fourth-order valence-electron chi connectivity index (χ4n) is 2.54. The first-order chi connectivity index (χ1) is 8.61. The Morgan fingerprint density at radius 1 is 1.56 bits per heavy atom. The summed E-state index contributed by atoms with van der Waals surface area (Å²) in [6.45, 7) is 3.55. The van der Waals surface area contributed by atoms with E-state index in [1.807, 2.05) is 18.2 Å². The maximum absolute atomic E-state index is 11.8. The van der Waals surface area contributed by atoms with Gasteiger partial charge in [0.2, 0.25) is 0 Å². The third-order valence-electron chi connectivity index (χ3n) is 3.30. The van der Waals surface area contributed by atoms with Gasteiger partial charge in [-0.1, -0.05) is 6.92 Å². The summed E-state index contributed by atoms with van der Waals surface area (Å²) in [7, 11) is 2.08. The summed E-state index contributed by atoms with van der Waals surface area (Å²) in [6.07, 6.45) is 1.01. The quantitative estimate of drug-likeness (QED) is 0.840. The Morgan fingerprint density at radius 3 is 3.06 bits per heavy atom. The van der Waals surface area contributed by atoms with Crippen molar-refractivity contribution in [3.05, 3.63) is 29.3 Å². The molecule has 4 nitrogen and oxygen atoms in total. The molecule has 1 amide bonds. The molecule has 1 atom stereocenters. The van der Waals surface area contributed by atoms with Gasteiger partial charge < -0.3 is 15.3 Å². The minimum absolute atomic E-state index is 0.0313. The van der Waals surface area contributed by atoms with Crippen molar-refractivity contribution >= 4 is 11.6 Å². The zero-order valence-corrected chi connectivity index (χ0v) is 10.9. The van der Waals surface area contributed by atoms with Gasteiger partial charge in [0.05, 0.1) is 6.61 Å². The fourth-order valence-corrected chi connectivity index (χ4v) is 2.54. The Hall–Kier alpha value is -1.55. The van der Waals surface area contributed by atoms with Gasteiger partial charge in [0.25, 0.3) is 5.91 Å². The minimum atomic E-state index is -0.118. The Morgan fingerprint density at radius 2 is 2.33 bits per heavy atom. The number of aliphatic hydroxyl groups excluding tert-OH is 1. The first kappa shape index (κ1) is 12.9. The number of fused-ring (bicyclic) bond motifs is 1. The van der Waals surface area contributed by atoms with Gasteiger partial charge in [0.1, 0.15) is 0 Å². The Kier molecular flexibility index (Phi) is 3.87. The first-order valence-corrected chi connectivity index (χ1v) is 6.35. The number of aliphatic hydroxyl groups is 1. The fraction of sp³-hybridized carbons (Fsp3) is 0.500. The molecule has 0 fully saturated rings. The van der Waals surface area contributed by atoms with Crippen LogP contribution in [0.25, 0.3) is 0 Å². The lowest BCUT2D eigenvalue weighted by Gasteiger charge is -2.32. The standard InChI is InChI=1S/C14H20N2O2/c1-10-7-12-8-11(14(18)15-5-6-17)3-4-13(12)16(2)9-10/h3-4,8,10,17H,5-7,9H2,1-2H3,(H,15,18). The van der Waals surface area contributed by atoms with Crippen LogP contribution < -0.4 is 10.2 Å². The van der Waals surface area contributed by atoms with E-state index in [0.717, 1.165) is 13.0 Å². The molecule has 1 unspecified atom stereocenters. The molecule has 1 aromatic carbocycles. The number of anilines is 1. The average molecular weight is 248 g/mol. The normalized spacial score (nSPS) is 18.4. The number of carbonyl (C=O) groups excluding carboxylic acids is 1. The maximum atomic E-state index is 11.8. The van der Waals surface area contributed by atoms with E-state index in [2.05, 4.69) is 24.2 Å². The van der Waals surface area contributed by atoms with Crippen molar-refractivity contribution < 1.29 is 9.90 Å². The number of nitrogens with one attached hydrogen (secondary N) is 1. The smallest absolute Gasteiger partial charge is 0.251 e. The molecule has 2 rings (SSSR count). The van der Waals surface area contributed by atoms with Crippen LogP contribution in [0.2, 0.25) is 0 Å². The lowest BCUT2D eigenvalue weighted by molar-refractivity contribution is 0.0944. The molecule has 1 aromatic rings. The van der Waals surface area contributed by atoms with Crippen molar-refractivity contribution in [2.24, 2.45) is 5.92 Å². The summed E-state index contributed by atoms with van der Waals surface area (Å²) in [5.41, 5.74) is 3.12. The molecule has 98 valence electrons. The average Bonchev–Trinajstić information content (AvgIpc) is 2.34. The van der Waals surface area contributed by atoms with Crippen molar-refractivity contribution in [2.75, 3.05) is 31.6 Å². The summed E-state index contributed by atoms with van der Waals surface area (Å²) in [5.74, 6) is 0.492. The Balaban J connectivity index is 2.21. The molecule has 0 saturated heterocycles. The van der Waals surface area contributed by atoms with Crippen LogP contribution in [0.15, 0.2) is 18.2 Å². The first-order valence-electron chi connectivity index (χ1n) is 6.35. The van der Waals surface area contributed by atoms with Crippen molar-refractivity contribution in [2.45, 2.75) is 13.3 Å².